The van der Waals surface area contributed by atoms with Crippen molar-refractivity contribution in [1.29, 1.82) is 0 Å². The van der Waals surface area contributed by atoms with Crippen LogP contribution in [0.4, 0.5) is 0 Å². The molecular formula is C9H20NO+. The Kier molecular flexibility index (Phi) is 2.55. The van der Waals surface area contributed by atoms with Crippen LogP contribution in [0, 0.1) is 5.92 Å². The molecule has 0 bridgehead atoms. The molecule has 11 heavy (non-hydrogen) atoms. The van der Waals surface area contributed by atoms with Crippen molar-refractivity contribution in [3.05, 3.63) is 0 Å². The predicted octanol–water partition coefficient (Wildman–Crippen LogP) is 0.854. The quantitative estimate of drug-likeness (QED) is 0.591. The van der Waals surface area contributed by atoms with Crippen molar-refractivity contribution in [2.24, 2.45) is 5.92 Å². The molecule has 0 saturated heterocycles. The monoisotopic (exact) mass is 158 g/mol. The largest absolute Gasteiger partial charge is 0.393 e. The molecule has 66 valence electrons. The molecule has 1 rings (SSSR count). The second kappa shape index (κ2) is 3.11. The lowest BCUT2D eigenvalue weighted by atomic mass is 10.1. The highest BCUT2D eigenvalue weighted by Gasteiger charge is 2.29. The van der Waals surface area contributed by atoms with Gasteiger partial charge in [-0.05, 0) is 12.8 Å². The third-order valence-electron chi connectivity index (χ3n) is 2.40. The van der Waals surface area contributed by atoms with Crippen LogP contribution in [-0.2, 0) is 0 Å². The molecule has 0 aromatic rings. The summed E-state index contributed by atoms with van der Waals surface area (Å²) in [4.78, 5) is 0. The normalized spacial score (nSPS) is 32.7. The van der Waals surface area contributed by atoms with Gasteiger partial charge in [-0.2, -0.15) is 0 Å². The van der Waals surface area contributed by atoms with Crippen molar-refractivity contribution in [2.75, 3.05) is 27.7 Å². The molecule has 1 saturated carbocycles. The summed E-state index contributed by atoms with van der Waals surface area (Å²) in [6.45, 7) is 1.11. The first-order valence-corrected chi connectivity index (χ1v) is 4.47. The van der Waals surface area contributed by atoms with Gasteiger partial charge in [0.05, 0.1) is 33.8 Å². The molecule has 2 unspecified atom stereocenters. The van der Waals surface area contributed by atoms with Gasteiger partial charge in [-0.3, -0.25) is 0 Å². The number of aliphatic hydroxyl groups is 1. The molecule has 1 N–H and O–H groups in total. The molecule has 0 amide bonds. The maximum atomic E-state index is 9.54. The van der Waals surface area contributed by atoms with Gasteiger partial charge in [-0.25, -0.2) is 0 Å². The zero-order valence-corrected chi connectivity index (χ0v) is 7.88. The van der Waals surface area contributed by atoms with Crippen LogP contribution < -0.4 is 0 Å². The molecule has 0 aromatic carbocycles. The Hall–Kier alpha value is -0.0800. The van der Waals surface area contributed by atoms with Gasteiger partial charge >= 0.3 is 0 Å². The molecule has 2 nitrogen and oxygen atoms in total. The Morgan fingerprint density at radius 1 is 1.27 bits per heavy atom. The first-order valence-electron chi connectivity index (χ1n) is 4.47. The van der Waals surface area contributed by atoms with Gasteiger partial charge in [-0.15, -0.1) is 0 Å². The topological polar surface area (TPSA) is 20.2 Å². The van der Waals surface area contributed by atoms with Crippen LogP contribution >= 0.6 is 0 Å². The Morgan fingerprint density at radius 3 is 2.27 bits per heavy atom. The zero-order chi connectivity index (χ0) is 8.48. The lowest BCUT2D eigenvalue weighted by molar-refractivity contribution is -0.874. The zero-order valence-electron chi connectivity index (χ0n) is 7.88. The maximum Gasteiger partial charge on any atom is 0.0834 e. The van der Waals surface area contributed by atoms with Crippen molar-refractivity contribution in [1.82, 2.24) is 0 Å². The van der Waals surface area contributed by atoms with Crippen LogP contribution in [0.3, 0.4) is 0 Å². The van der Waals surface area contributed by atoms with Crippen molar-refractivity contribution < 1.29 is 9.59 Å². The SMILES string of the molecule is C[N+](C)(C)CC1CCCC1O. The van der Waals surface area contributed by atoms with Crippen LogP contribution in [0.1, 0.15) is 19.3 Å². The Labute approximate surface area is 69.4 Å². The number of nitrogens with zero attached hydrogens (tertiary/aromatic N) is 1. The smallest absolute Gasteiger partial charge is 0.0834 e. The number of hydrogen-bond donors (Lipinski definition) is 1. The van der Waals surface area contributed by atoms with E-state index in [0.29, 0.717) is 5.92 Å². The molecule has 2 heteroatoms. The highest BCUT2D eigenvalue weighted by atomic mass is 16.3. The highest BCUT2D eigenvalue weighted by Crippen LogP contribution is 2.26. The predicted molar refractivity (Wildman–Crippen MR) is 46.2 cm³/mol. The van der Waals surface area contributed by atoms with Crippen LogP contribution in [0.25, 0.3) is 0 Å². The van der Waals surface area contributed by atoms with E-state index in [0.717, 1.165) is 17.4 Å². The van der Waals surface area contributed by atoms with Crippen LogP contribution in [0.2, 0.25) is 0 Å². The molecule has 0 aromatic heterocycles. The van der Waals surface area contributed by atoms with Gasteiger partial charge in [0.25, 0.3) is 0 Å². The fraction of sp³-hybridized carbons (Fsp3) is 1.00. The van der Waals surface area contributed by atoms with Crippen molar-refractivity contribution >= 4 is 0 Å². The van der Waals surface area contributed by atoms with Gasteiger partial charge < -0.3 is 9.59 Å². The summed E-state index contributed by atoms with van der Waals surface area (Å²) in [6, 6.07) is 0. The van der Waals surface area contributed by atoms with Crippen LogP contribution in [-0.4, -0.2) is 43.4 Å². The van der Waals surface area contributed by atoms with E-state index in [2.05, 4.69) is 21.1 Å². The van der Waals surface area contributed by atoms with Gasteiger partial charge in [0.1, 0.15) is 0 Å². The van der Waals surface area contributed by atoms with E-state index in [1.54, 1.807) is 0 Å². The highest BCUT2D eigenvalue weighted by molar-refractivity contribution is 4.75. The van der Waals surface area contributed by atoms with Gasteiger partial charge in [0, 0.05) is 5.92 Å². The minimum atomic E-state index is -0.0210. The summed E-state index contributed by atoms with van der Waals surface area (Å²) in [6.07, 6.45) is 3.43. The molecule has 0 aliphatic heterocycles. The van der Waals surface area contributed by atoms with Gasteiger partial charge in [0.2, 0.25) is 0 Å². The maximum absolute atomic E-state index is 9.54. The van der Waals surface area contributed by atoms with E-state index in [4.69, 9.17) is 0 Å². The number of quaternary nitrogens is 1. The summed E-state index contributed by atoms with van der Waals surface area (Å²) >= 11 is 0. The van der Waals surface area contributed by atoms with E-state index in [-0.39, 0.29) is 6.10 Å². The van der Waals surface area contributed by atoms with Gasteiger partial charge in [-0.1, -0.05) is 6.42 Å². The Morgan fingerprint density at radius 2 is 1.91 bits per heavy atom. The standard InChI is InChI=1S/C9H20NO/c1-10(2,3)7-8-5-4-6-9(8)11/h8-9,11H,4-7H2,1-3H3/q+1. The molecule has 0 spiro atoms. The lowest BCUT2D eigenvalue weighted by Gasteiger charge is -2.28. The molecule has 2 atom stereocenters. The van der Waals surface area contributed by atoms with Crippen LogP contribution in [0.15, 0.2) is 0 Å². The lowest BCUT2D eigenvalue weighted by Crippen LogP contribution is -2.41. The van der Waals surface area contributed by atoms with Crippen molar-refractivity contribution in [3.63, 3.8) is 0 Å². The second-order valence-electron chi connectivity index (χ2n) is 4.73. The summed E-state index contributed by atoms with van der Waals surface area (Å²) in [5.74, 6) is 0.551. The molecule has 0 radical (unpaired) electrons. The Bertz CT molecular complexity index is 128. The molecule has 1 fully saturated rings. The van der Waals surface area contributed by atoms with Crippen molar-refractivity contribution in [2.45, 2.75) is 25.4 Å². The number of rotatable bonds is 2. The summed E-state index contributed by atoms with van der Waals surface area (Å²) in [7, 11) is 6.56. The van der Waals surface area contributed by atoms with E-state index < -0.39 is 0 Å². The van der Waals surface area contributed by atoms with Gasteiger partial charge in [0.15, 0.2) is 0 Å². The minimum absolute atomic E-state index is 0.0210. The second-order valence-corrected chi connectivity index (χ2v) is 4.73. The average Bonchev–Trinajstić information content (AvgIpc) is 2.12. The summed E-state index contributed by atoms with van der Waals surface area (Å²) in [5, 5.41) is 9.54. The fourth-order valence-corrected chi connectivity index (χ4v) is 1.93. The third kappa shape index (κ3) is 2.80. The summed E-state index contributed by atoms with van der Waals surface area (Å²) < 4.78 is 0.974. The Balaban J connectivity index is 2.37. The van der Waals surface area contributed by atoms with E-state index in [1.165, 1.54) is 12.8 Å². The van der Waals surface area contributed by atoms with Crippen LogP contribution in [0.5, 0.6) is 0 Å². The first kappa shape index (κ1) is 9.01. The molecule has 1 aliphatic carbocycles. The van der Waals surface area contributed by atoms with E-state index in [1.807, 2.05) is 0 Å². The minimum Gasteiger partial charge on any atom is -0.393 e. The van der Waals surface area contributed by atoms with E-state index in [9.17, 15) is 5.11 Å². The van der Waals surface area contributed by atoms with E-state index >= 15 is 0 Å². The number of hydrogen-bond acceptors (Lipinski definition) is 1. The first-order chi connectivity index (χ1) is 4.99. The molecule has 1 aliphatic rings. The fourth-order valence-electron chi connectivity index (χ4n) is 1.93. The summed E-state index contributed by atoms with van der Waals surface area (Å²) in [5.41, 5.74) is 0. The number of aliphatic hydroxyl groups excluding tert-OH is 1. The molecular weight excluding hydrogens is 138 g/mol. The third-order valence-corrected chi connectivity index (χ3v) is 2.40. The average molecular weight is 158 g/mol. The van der Waals surface area contributed by atoms with Crippen molar-refractivity contribution in [3.8, 4) is 0 Å². The molecule has 0 heterocycles.